The summed E-state index contributed by atoms with van der Waals surface area (Å²) in [5.41, 5.74) is 5.05. The van der Waals surface area contributed by atoms with E-state index in [1.807, 2.05) is 0 Å². The molecule has 0 unspecified atom stereocenters. The van der Waals surface area contributed by atoms with E-state index in [-0.39, 0.29) is 22.6 Å². The van der Waals surface area contributed by atoms with Crippen molar-refractivity contribution in [2.45, 2.75) is 6.18 Å². The Balaban J connectivity index is 2.35. The van der Waals surface area contributed by atoms with Crippen LogP contribution in [-0.4, -0.2) is 0 Å². The van der Waals surface area contributed by atoms with Gasteiger partial charge in [0.25, 0.3) is 0 Å². The summed E-state index contributed by atoms with van der Waals surface area (Å²) in [5.74, 6) is -0.586. The molecular weight excluding hydrogens is 286 g/mol. The molecule has 0 radical (unpaired) electrons. The molecule has 0 spiro atoms. The number of nitrogens with zero attached hydrogens (tertiary/aromatic N) is 1. The maximum absolute atomic E-state index is 13.0. The highest BCUT2D eigenvalue weighted by molar-refractivity contribution is 5.75. The first kappa shape index (κ1) is 14.7. The molecule has 0 fully saturated rings. The highest BCUT2D eigenvalue weighted by Gasteiger charge is 2.30. The largest absolute Gasteiger partial charge is 0.416 e. The van der Waals surface area contributed by atoms with Gasteiger partial charge in [0.2, 0.25) is 0 Å². The zero-order valence-electron chi connectivity index (χ0n) is 10.5. The average molecular weight is 295 g/mol. The lowest BCUT2D eigenvalue weighted by atomic mass is 10.1. The standard InChI is InChI=1S/C14H9F4N3/c15-10-2-4-12(8(5-10)7-19)21-13-3-1-9(6-11(13)20)14(16,17)18/h1-6,21H,20H2. The topological polar surface area (TPSA) is 61.8 Å². The highest BCUT2D eigenvalue weighted by Crippen LogP contribution is 2.34. The van der Waals surface area contributed by atoms with E-state index in [1.54, 1.807) is 6.07 Å². The Hall–Kier alpha value is -2.75. The second-order valence-electron chi connectivity index (χ2n) is 4.23. The lowest BCUT2D eigenvalue weighted by Crippen LogP contribution is -2.07. The number of alkyl halides is 3. The lowest BCUT2D eigenvalue weighted by Gasteiger charge is -2.13. The Morgan fingerprint density at radius 2 is 1.71 bits per heavy atom. The molecule has 0 aliphatic heterocycles. The minimum atomic E-state index is -4.49. The summed E-state index contributed by atoms with van der Waals surface area (Å²) >= 11 is 0. The van der Waals surface area contributed by atoms with Gasteiger partial charge in [0.05, 0.1) is 28.2 Å². The first-order valence-corrected chi connectivity index (χ1v) is 5.74. The van der Waals surface area contributed by atoms with Gasteiger partial charge in [-0.2, -0.15) is 18.4 Å². The van der Waals surface area contributed by atoms with E-state index in [0.717, 1.165) is 30.3 Å². The van der Waals surface area contributed by atoms with Crippen molar-refractivity contribution in [2.75, 3.05) is 11.1 Å². The van der Waals surface area contributed by atoms with Crippen LogP contribution in [0.25, 0.3) is 0 Å². The summed E-state index contributed by atoms with van der Waals surface area (Å²) in [7, 11) is 0. The summed E-state index contributed by atoms with van der Waals surface area (Å²) in [6, 6.07) is 8.06. The SMILES string of the molecule is N#Cc1cc(F)ccc1Nc1ccc(C(F)(F)F)cc1N. The molecule has 0 aliphatic rings. The Labute approximate surface area is 117 Å². The van der Waals surface area contributed by atoms with Gasteiger partial charge >= 0.3 is 6.18 Å². The molecule has 3 nitrogen and oxygen atoms in total. The van der Waals surface area contributed by atoms with Crippen molar-refractivity contribution in [3.63, 3.8) is 0 Å². The fourth-order valence-electron chi connectivity index (χ4n) is 1.72. The normalized spacial score (nSPS) is 11.0. The summed E-state index contributed by atoms with van der Waals surface area (Å²) in [4.78, 5) is 0. The van der Waals surface area contributed by atoms with Gasteiger partial charge in [-0.05, 0) is 36.4 Å². The first-order valence-electron chi connectivity index (χ1n) is 5.74. The van der Waals surface area contributed by atoms with E-state index in [4.69, 9.17) is 11.0 Å². The molecule has 0 amide bonds. The molecule has 0 bridgehead atoms. The van der Waals surface area contributed by atoms with Crippen molar-refractivity contribution in [3.8, 4) is 6.07 Å². The van der Waals surface area contributed by atoms with Crippen LogP contribution in [0.15, 0.2) is 36.4 Å². The second-order valence-corrected chi connectivity index (χ2v) is 4.23. The van der Waals surface area contributed by atoms with E-state index < -0.39 is 17.6 Å². The Kier molecular flexibility index (Phi) is 3.72. The molecule has 2 aromatic carbocycles. The minimum Gasteiger partial charge on any atom is -0.397 e. The lowest BCUT2D eigenvalue weighted by molar-refractivity contribution is -0.137. The molecule has 0 saturated carbocycles. The third kappa shape index (κ3) is 3.23. The number of benzene rings is 2. The Morgan fingerprint density at radius 1 is 1.05 bits per heavy atom. The van der Waals surface area contributed by atoms with Gasteiger partial charge in [-0.1, -0.05) is 0 Å². The van der Waals surface area contributed by atoms with Gasteiger partial charge in [0, 0.05) is 0 Å². The van der Waals surface area contributed by atoms with Gasteiger partial charge in [0.15, 0.2) is 0 Å². The number of halogens is 4. The van der Waals surface area contributed by atoms with Crippen LogP contribution in [0.4, 0.5) is 34.6 Å². The van der Waals surface area contributed by atoms with Crippen LogP contribution in [0.3, 0.4) is 0 Å². The van der Waals surface area contributed by atoms with Crippen LogP contribution in [0.2, 0.25) is 0 Å². The van der Waals surface area contributed by atoms with Crippen molar-refractivity contribution in [1.82, 2.24) is 0 Å². The first-order chi connectivity index (χ1) is 9.81. The molecule has 3 N–H and O–H groups in total. The molecule has 0 atom stereocenters. The van der Waals surface area contributed by atoms with Crippen LogP contribution in [0.1, 0.15) is 11.1 Å². The number of nitriles is 1. The quantitative estimate of drug-likeness (QED) is 0.649. The van der Waals surface area contributed by atoms with Crippen LogP contribution in [-0.2, 0) is 6.18 Å². The maximum atomic E-state index is 13.0. The smallest absolute Gasteiger partial charge is 0.397 e. The monoisotopic (exact) mass is 295 g/mol. The second kappa shape index (κ2) is 5.32. The van der Waals surface area contributed by atoms with E-state index in [0.29, 0.717) is 0 Å². The molecule has 108 valence electrons. The fraction of sp³-hybridized carbons (Fsp3) is 0.0714. The maximum Gasteiger partial charge on any atom is 0.416 e. The van der Waals surface area contributed by atoms with Crippen molar-refractivity contribution < 1.29 is 17.6 Å². The predicted octanol–water partition coefficient (Wildman–Crippen LogP) is 4.04. The van der Waals surface area contributed by atoms with E-state index in [2.05, 4.69) is 5.32 Å². The molecule has 0 heterocycles. The summed E-state index contributed by atoms with van der Waals surface area (Å²) in [6.45, 7) is 0. The number of nitrogen functional groups attached to an aromatic ring is 1. The Morgan fingerprint density at radius 3 is 2.29 bits per heavy atom. The zero-order chi connectivity index (χ0) is 15.6. The summed E-state index contributed by atoms with van der Waals surface area (Å²) in [6.07, 6.45) is -4.49. The van der Waals surface area contributed by atoms with Crippen molar-refractivity contribution in [1.29, 1.82) is 5.26 Å². The van der Waals surface area contributed by atoms with E-state index >= 15 is 0 Å². The molecule has 2 aromatic rings. The van der Waals surface area contributed by atoms with Crippen LogP contribution in [0, 0.1) is 17.1 Å². The number of nitrogens with two attached hydrogens (primary N) is 1. The van der Waals surface area contributed by atoms with E-state index in [1.165, 1.54) is 6.07 Å². The zero-order valence-corrected chi connectivity index (χ0v) is 10.5. The number of nitrogens with one attached hydrogen (secondary N) is 1. The van der Waals surface area contributed by atoms with Crippen molar-refractivity contribution in [3.05, 3.63) is 53.3 Å². The molecule has 0 saturated heterocycles. The van der Waals surface area contributed by atoms with Crippen molar-refractivity contribution >= 4 is 17.1 Å². The minimum absolute atomic E-state index is 0.0225. The summed E-state index contributed by atoms with van der Waals surface area (Å²) in [5, 5.41) is 11.6. The van der Waals surface area contributed by atoms with Gasteiger partial charge in [-0.3, -0.25) is 0 Å². The van der Waals surface area contributed by atoms with Crippen LogP contribution in [0.5, 0.6) is 0 Å². The Bertz CT molecular complexity index is 717. The molecule has 7 heteroatoms. The molecule has 0 aliphatic carbocycles. The number of rotatable bonds is 2. The average Bonchev–Trinajstić information content (AvgIpc) is 2.41. The molecular formula is C14H9F4N3. The van der Waals surface area contributed by atoms with Crippen LogP contribution < -0.4 is 11.1 Å². The summed E-state index contributed by atoms with van der Waals surface area (Å²) < 4.78 is 50.6. The highest BCUT2D eigenvalue weighted by atomic mass is 19.4. The predicted molar refractivity (Wildman–Crippen MR) is 70.3 cm³/mol. The van der Waals surface area contributed by atoms with Gasteiger partial charge in [0.1, 0.15) is 11.9 Å². The fourth-order valence-corrected chi connectivity index (χ4v) is 1.72. The van der Waals surface area contributed by atoms with Gasteiger partial charge in [-0.25, -0.2) is 4.39 Å². The van der Waals surface area contributed by atoms with Gasteiger partial charge in [-0.15, -0.1) is 0 Å². The van der Waals surface area contributed by atoms with Gasteiger partial charge < -0.3 is 11.1 Å². The molecule has 0 aromatic heterocycles. The van der Waals surface area contributed by atoms with E-state index in [9.17, 15) is 17.6 Å². The number of hydrogen-bond donors (Lipinski definition) is 2. The van der Waals surface area contributed by atoms with Crippen molar-refractivity contribution in [2.24, 2.45) is 0 Å². The number of hydrogen-bond acceptors (Lipinski definition) is 3. The molecule has 21 heavy (non-hydrogen) atoms. The third-order valence-electron chi connectivity index (χ3n) is 2.75. The number of anilines is 3. The van der Waals surface area contributed by atoms with Crippen LogP contribution >= 0.6 is 0 Å². The molecule has 2 rings (SSSR count). The third-order valence-corrected chi connectivity index (χ3v) is 2.75.